The van der Waals surface area contributed by atoms with Gasteiger partial charge in [0.1, 0.15) is 0 Å². The molecule has 0 amide bonds. The van der Waals surface area contributed by atoms with E-state index in [0.29, 0.717) is 0 Å². The molecule has 67 heavy (non-hydrogen) atoms. The molecule has 1 heterocycles. The van der Waals surface area contributed by atoms with Crippen LogP contribution in [0.1, 0.15) is 56.1 Å². The average Bonchev–Trinajstić information content (AvgIpc) is 4.05. The molecule has 320 valence electrons. The summed E-state index contributed by atoms with van der Waals surface area (Å²) in [6.07, 6.45) is 0. The lowest BCUT2D eigenvalue weighted by molar-refractivity contribution is 0.660. The first kappa shape index (κ1) is 39.2. The van der Waals surface area contributed by atoms with Crippen LogP contribution in [0.5, 0.6) is 0 Å². The minimum absolute atomic E-state index is 0. The number of rotatable bonds is 5. The lowest BCUT2D eigenvalue weighted by Gasteiger charge is -2.32. The summed E-state index contributed by atoms with van der Waals surface area (Å²) in [6.45, 7) is 4.75. The van der Waals surface area contributed by atoms with Gasteiger partial charge >= 0.3 is 0 Å². The van der Waals surface area contributed by atoms with Crippen molar-refractivity contribution in [2.24, 2.45) is 0 Å². The number of hydrogen-bond donors (Lipinski definition) is 0. The van der Waals surface area contributed by atoms with Crippen molar-refractivity contribution in [3.05, 3.63) is 264 Å². The Hall–Kier alpha value is -8.20. The summed E-state index contributed by atoms with van der Waals surface area (Å²) in [4.78, 5) is 2.49. The third-order valence-electron chi connectivity index (χ3n) is 15.2. The van der Waals surface area contributed by atoms with E-state index in [4.69, 9.17) is 0 Å². The molecule has 14 rings (SSSR count). The molecule has 2 heteroatoms. The highest BCUT2D eigenvalue weighted by Crippen LogP contribution is 2.64. The second kappa shape index (κ2) is 14.4. The molecule has 3 aliphatic carbocycles. The van der Waals surface area contributed by atoms with Gasteiger partial charge in [-0.15, -0.1) is 0 Å². The first-order chi connectivity index (χ1) is 32.5. The molecule has 0 N–H and O–H groups in total. The van der Waals surface area contributed by atoms with E-state index in [1.807, 2.05) is 0 Å². The maximum atomic E-state index is 2.53. The standard InChI is InChI=1S/C64H44N2.CH4.H2/c1-63(2)53-24-11-6-19-46(53)49-37-35-44(39-57(49)63)65(43-33-31-42(32-34-43)41-17-4-3-5-18-41)45-36-38-52-58(40-45)64(54-25-12-7-20-47(54)48-21-8-13-26-55(48)64)56-27-16-30-61(62(52)56)66-59-28-14-9-22-50(59)51-23-10-15-29-60(51)66;;/h3-40H,1-2H3;1H4;1H. The Morgan fingerprint density at radius 2 is 0.821 bits per heavy atom. The highest BCUT2D eigenvalue weighted by atomic mass is 15.1. The molecule has 3 aliphatic rings. The topological polar surface area (TPSA) is 8.17 Å². The number of fused-ring (bicyclic) bond motifs is 16. The molecule has 2 nitrogen and oxygen atoms in total. The molecule has 0 saturated carbocycles. The van der Waals surface area contributed by atoms with Gasteiger partial charge in [0.2, 0.25) is 0 Å². The molecular weight excluding hydrogens is 809 g/mol. The van der Waals surface area contributed by atoms with Crippen molar-refractivity contribution in [1.82, 2.24) is 4.57 Å². The molecule has 0 radical (unpaired) electrons. The monoisotopic (exact) mass is 858 g/mol. The van der Waals surface area contributed by atoms with Gasteiger partial charge in [-0.1, -0.05) is 197 Å². The number of anilines is 3. The van der Waals surface area contributed by atoms with E-state index in [1.54, 1.807) is 0 Å². The van der Waals surface area contributed by atoms with Gasteiger partial charge in [-0.25, -0.2) is 0 Å². The third kappa shape index (κ3) is 5.27. The fourth-order valence-electron chi connectivity index (χ4n) is 12.4. The van der Waals surface area contributed by atoms with E-state index >= 15 is 0 Å². The summed E-state index contributed by atoms with van der Waals surface area (Å²) in [6, 6.07) is 86.3. The Morgan fingerprint density at radius 1 is 0.358 bits per heavy atom. The van der Waals surface area contributed by atoms with Crippen LogP contribution < -0.4 is 4.90 Å². The second-order valence-electron chi connectivity index (χ2n) is 18.8. The van der Waals surface area contributed by atoms with E-state index < -0.39 is 5.41 Å². The van der Waals surface area contributed by atoms with Gasteiger partial charge in [0.25, 0.3) is 0 Å². The third-order valence-corrected chi connectivity index (χ3v) is 15.2. The quantitative estimate of drug-likeness (QED) is 0.167. The van der Waals surface area contributed by atoms with Gasteiger partial charge in [-0.3, -0.25) is 0 Å². The average molecular weight is 859 g/mol. The largest absolute Gasteiger partial charge is 0.310 e. The van der Waals surface area contributed by atoms with Crippen molar-refractivity contribution in [1.29, 1.82) is 0 Å². The van der Waals surface area contributed by atoms with E-state index in [9.17, 15) is 0 Å². The van der Waals surface area contributed by atoms with Crippen molar-refractivity contribution in [2.45, 2.75) is 32.1 Å². The summed E-state index contributed by atoms with van der Waals surface area (Å²) in [5.74, 6) is 0. The van der Waals surface area contributed by atoms with Crippen LogP contribution in [-0.4, -0.2) is 4.57 Å². The second-order valence-corrected chi connectivity index (χ2v) is 18.8. The van der Waals surface area contributed by atoms with Crippen LogP contribution >= 0.6 is 0 Å². The molecular formula is C65H50N2. The van der Waals surface area contributed by atoms with E-state index in [1.165, 1.54) is 105 Å². The summed E-state index contributed by atoms with van der Waals surface area (Å²) in [7, 11) is 0. The Bertz CT molecular complexity index is 3700. The number of nitrogens with zero attached hydrogens (tertiary/aromatic N) is 2. The molecule has 0 fully saturated rings. The van der Waals surface area contributed by atoms with Crippen molar-refractivity contribution in [3.8, 4) is 50.2 Å². The van der Waals surface area contributed by atoms with Gasteiger partial charge in [-0.05, 0) is 127 Å². The van der Waals surface area contributed by atoms with Crippen molar-refractivity contribution in [2.75, 3.05) is 4.90 Å². The van der Waals surface area contributed by atoms with Crippen LogP contribution in [0.3, 0.4) is 0 Å². The zero-order valence-corrected chi connectivity index (χ0v) is 36.8. The molecule has 1 aromatic heterocycles. The molecule has 1 spiro atoms. The SMILES string of the molecule is C.CC1(C)c2ccccc2-c2ccc(N(c3ccc(-c4ccccc4)cc3)c3ccc4c(c3)C3(c5ccccc5-c5ccccc53)c3cccc(-n5c6ccccc6c6ccccc65)c3-4)cc21.[HH]. The maximum Gasteiger partial charge on any atom is 0.0727 e. The van der Waals surface area contributed by atoms with E-state index in [0.717, 1.165) is 17.1 Å². The molecule has 11 aromatic rings. The molecule has 0 atom stereocenters. The lowest BCUT2D eigenvalue weighted by atomic mass is 9.70. The zero-order chi connectivity index (χ0) is 43.7. The number of para-hydroxylation sites is 2. The van der Waals surface area contributed by atoms with E-state index in [-0.39, 0.29) is 14.3 Å². The fraction of sp³-hybridized carbons (Fsp3) is 0.0769. The Labute approximate surface area is 394 Å². The Morgan fingerprint density at radius 3 is 1.46 bits per heavy atom. The molecule has 0 bridgehead atoms. The van der Waals surface area contributed by atoms with Crippen LogP contribution in [0.4, 0.5) is 17.1 Å². The summed E-state index contributed by atoms with van der Waals surface area (Å²) in [5.41, 5.74) is 24.6. The van der Waals surface area contributed by atoms with Crippen LogP contribution in [0, 0.1) is 0 Å². The molecule has 0 unspecified atom stereocenters. The van der Waals surface area contributed by atoms with Crippen LogP contribution in [0.15, 0.2) is 231 Å². The smallest absolute Gasteiger partial charge is 0.0727 e. The minimum atomic E-state index is -0.549. The summed E-state index contributed by atoms with van der Waals surface area (Å²) < 4.78 is 2.51. The number of hydrogen-bond acceptors (Lipinski definition) is 1. The molecule has 10 aromatic carbocycles. The van der Waals surface area contributed by atoms with Crippen LogP contribution in [0.25, 0.3) is 72.0 Å². The van der Waals surface area contributed by atoms with Crippen molar-refractivity contribution in [3.63, 3.8) is 0 Å². The van der Waals surface area contributed by atoms with Gasteiger partial charge in [0.05, 0.1) is 22.1 Å². The lowest BCUT2D eigenvalue weighted by Crippen LogP contribution is -2.26. The van der Waals surface area contributed by atoms with Gasteiger partial charge < -0.3 is 9.47 Å². The van der Waals surface area contributed by atoms with Gasteiger partial charge in [-0.2, -0.15) is 0 Å². The predicted molar refractivity (Wildman–Crippen MR) is 284 cm³/mol. The predicted octanol–water partition coefficient (Wildman–Crippen LogP) is 17.5. The molecule has 0 saturated heterocycles. The molecule has 0 aliphatic heterocycles. The van der Waals surface area contributed by atoms with Crippen molar-refractivity contribution >= 4 is 38.9 Å². The van der Waals surface area contributed by atoms with Gasteiger partial charge in [0, 0.05) is 40.2 Å². The normalized spacial score (nSPS) is 13.9. The van der Waals surface area contributed by atoms with Crippen LogP contribution in [-0.2, 0) is 10.8 Å². The first-order valence-corrected chi connectivity index (χ1v) is 23.2. The van der Waals surface area contributed by atoms with E-state index in [2.05, 4.69) is 254 Å². The minimum Gasteiger partial charge on any atom is -0.310 e. The highest BCUT2D eigenvalue weighted by molar-refractivity contribution is 6.10. The summed E-state index contributed by atoms with van der Waals surface area (Å²) >= 11 is 0. The summed E-state index contributed by atoms with van der Waals surface area (Å²) in [5, 5.41) is 2.53. The zero-order valence-electron chi connectivity index (χ0n) is 36.8. The van der Waals surface area contributed by atoms with Crippen LogP contribution in [0.2, 0.25) is 0 Å². The Kier molecular flexibility index (Phi) is 8.42. The first-order valence-electron chi connectivity index (χ1n) is 23.2. The highest BCUT2D eigenvalue weighted by Gasteiger charge is 2.52. The maximum absolute atomic E-state index is 2.53. The van der Waals surface area contributed by atoms with Crippen molar-refractivity contribution < 1.29 is 1.43 Å². The van der Waals surface area contributed by atoms with Gasteiger partial charge in [0.15, 0.2) is 0 Å². The Balaban J connectivity index is 0.00000240. The fourth-order valence-corrected chi connectivity index (χ4v) is 12.4. The number of benzene rings is 10. The number of aromatic nitrogens is 1.